The number of benzene rings is 1. The van der Waals surface area contributed by atoms with Crippen molar-refractivity contribution in [2.24, 2.45) is 0 Å². The van der Waals surface area contributed by atoms with E-state index in [1.165, 1.54) is 24.9 Å². The zero-order valence-corrected chi connectivity index (χ0v) is 15.8. The lowest BCUT2D eigenvalue weighted by Crippen LogP contribution is -2.29. The van der Waals surface area contributed by atoms with Gasteiger partial charge in [-0.05, 0) is 43.9 Å². The largest absolute Gasteiger partial charge is 0.371 e. The summed E-state index contributed by atoms with van der Waals surface area (Å²) < 4.78 is 1.13. The molecule has 1 N–H and O–H groups in total. The number of fused-ring (bicyclic) bond motifs is 1. The Morgan fingerprint density at radius 1 is 1.39 bits per heavy atom. The van der Waals surface area contributed by atoms with Gasteiger partial charge in [-0.25, -0.2) is 4.98 Å². The lowest BCUT2D eigenvalue weighted by atomic mass is 10.1. The first-order chi connectivity index (χ1) is 11.2. The third-order valence-corrected chi connectivity index (χ3v) is 5.96. The van der Waals surface area contributed by atoms with E-state index in [4.69, 9.17) is 0 Å². The van der Waals surface area contributed by atoms with E-state index >= 15 is 0 Å². The first-order valence-electron chi connectivity index (χ1n) is 8.28. The number of nitrogens with one attached hydrogen (secondary N) is 1. The molecule has 1 aliphatic rings. The lowest BCUT2D eigenvalue weighted by molar-refractivity contribution is -0.115. The molecule has 1 aromatic carbocycles. The smallest absolute Gasteiger partial charge is 0.239 e. The normalized spacial score (nSPS) is 16.5. The van der Waals surface area contributed by atoms with Crippen LogP contribution in [0, 0.1) is 0 Å². The number of rotatable bonds is 5. The third kappa shape index (κ3) is 4.04. The van der Waals surface area contributed by atoms with Crippen LogP contribution in [0.2, 0.25) is 0 Å². The van der Waals surface area contributed by atoms with Gasteiger partial charge < -0.3 is 10.2 Å². The van der Waals surface area contributed by atoms with Gasteiger partial charge in [-0.3, -0.25) is 4.79 Å². The predicted molar refractivity (Wildman–Crippen MR) is 102 cm³/mol. The Hall–Kier alpha value is -1.14. The fraction of sp³-hybridized carbons (Fsp3) is 0.529. The van der Waals surface area contributed by atoms with Crippen LogP contribution in [-0.2, 0) is 4.79 Å². The summed E-state index contributed by atoms with van der Waals surface area (Å²) in [5, 5.41) is 3.60. The topological polar surface area (TPSA) is 45.2 Å². The van der Waals surface area contributed by atoms with Crippen LogP contribution in [0.15, 0.2) is 18.2 Å². The van der Waals surface area contributed by atoms with Crippen LogP contribution < -0.4 is 10.2 Å². The van der Waals surface area contributed by atoms with E-state index < -0.39 is 0 Å². The summed E-state index contributed by atoms with van der Waals surface area (Å²) in [6, 6.07) is 6.40. The molecule has 2 heterocycles. The number of anilines is 2. The number of halogens is 1. The highest BCUT2D eigenvalue weighted by Gasteiger charge is 2.16. The number of carbonyl (C=O) groups excluding carboxylic acids is 1. The molecule has 1 saturated heterocycles. The molecule has 23 heavy (non-hydrogen) atoms. The first-order valence-corrected chi connectivity index (χ1v) is 10.0. The SMILES string of the molecule is CCC[C@@H](Br)C(=O)Nc1nc2ccc(N3CCCCC3)cc2s1. The number of hydrogen-bond donors (Lipinski definition) is 1. The molecule has 0 aliphatic carbocycles. The summed E-state index contributed by atoms with van der Waals surface area (Å²) >= 11 is 4.98. The monoisotopic (exact) mass is 395 g/mol. The second kappa shape index (κ2) is 7.62. The highest BCUT2D eigenvalue weighted by Crippen LogP contribution is 2.31. The summed E-state index contributed by atoms with van der Waals surface area (Å²) in [7, 11) is 0. The molecule has 2 aromatic rings. The molecule has 1 fully saturated rings. The Balaban J connectivity index is 1.75. The van der Waals surface area contributed by atoms with Crippen molar-refractivity contribution >= 4 is 54.2 Å². The minimum Gasteiger partial charge on any atom is -0.371 e. The first kappa shape index (κ1) is 16.7. The van der Waals surface area contributed by atoms with Gasteiger partial charge >= 0.3 is 0 Å². The molecule has 124 valence electrons. The maximum absolute atomic E-state index is 12.1. The molecule has 1 atom stereocenters. The number of aromatic nitrogens is 1. The van der Waals surface area contributed by atoms with Gasteiger partial charge in [0.25, 0.3) is 0 Å². The van der Waals surface area contributed by atoms with E-state index in [2.05, 4.69) is 56.3 Å². The Morgan fingerprint density at radius 3 is 2.91 bits per heavy atom. The van der Waals surface area contributed by atoms with E-state index in [1.807, 2.05) is 0 Å². The van der Waals surface area contributed by atoms with E-state index in [1.54, 1.807) is 11.3 Å². The van der Waals surface area contributed by atoms with Crippen LogP contribution >= 0.6 is 27.3 Å². The van der Waals surface area contributed by atoms with Crippen molar-refractivity contribution < 1.29 is 4.79 Å². The van der Waals surface area contributed by atoms with Crippen LogP contribution in [0.3, 0.4) is 0 Å². The molecule has 1 amide bonds. The highest BCUT2D eigenvalue weighted by molar-refractivity contribution is 9.10. The maximum Gasteiger partial charge on any atom is 0.239 e. The molecule has 0 radical (unpaired) electrons. The number of nitrogens with zero attached hydrogens (tertiary/aromatic N) is 2. The minimum absolute atomic E-state index is 0.0119. The summed E-state index contributed by atoms with van der Waals surface area (Å²) in [5.41, 5.74) is 2.22. The molecule has 0 spiro atoms. The molecule has 6 heteroatoms. The van der Waals surface area contributed by atoms with Crippen molar-refractivity contribution in [3.05, 3.63) is 18.2 Å². The van der Waals surface area contributed by atoms with Crippen molar-refractivity contribution in [2.45, 2.75) is 43.9 Å². The highest BCUT2D eigenvalue weighted by atomic mass is 79.9. The lowest BCUT2D eigenvalue weighted by Gasteiger charge is -2.28. The van der Waals surface area contributed by atoms with Crippen LogP contribution in [0.4, 0.5) is 10.8 Å². The molecular formula is C17H22BrN3OS. The molecule has 4 nitrogen and oxygen atoms in total. The van der Waals surface area contributed by atoms with E-state index in [-0.39, 0.29) is 10.7 Å². The number of thiazole rings is 1. The number of piperidine rings is 1. The fourth-order valence-corrected chi connectivity index (χ4v) is 4.36. The Kier molecular flexibility index (Phi) is 5.54. The zero-order chi connectivity index (χ0) is 16.2. The summed E-state index contributed by atoms with van der Waals surface area (Å²) in [6.45, 7) is 4.34. The Bertz CT molecular complexity index is 682. The van der Waals surface area contributed by atoms with E-state index in [9.17, 15) is 4.79 Å². The molecular weight excluding hydrogens is 374 g/mol. The van der Waals surface area contributed by atoms with Crippen molar-refractivity contribution in [2.75, 3.05) is 23.3 Å². The van der Waals surface area contributed by atoms with E-state index in [0.29, 0.717) is 5.13 Å². The van der Waals surface area contributed by atoms with Crippen LogP contribution in [0.5, 0.6) is 0 Å². The third-order valence-electron chi connectivity index (χ3n) is 4.15. The van der Waals surface area contributed by atoms with E-state index in [0.717, 1.165) is 36.1 Å². The number of hydrogen-bond acceptors (Lipinski definition) is 4. The van der Waals surface area contributed by atoms with Gasteiger partial charge in [-0.2, -0.15) is 0 Å². The average molecular weight is 396 g/mol. The molecule has 0 unspecified atom stereocenters. The van der Waals surface area contributed by atoms with Gasteiger partial charge in [-0.1, -0.05) is 40.6 Å². The molecule has 1 aromatic heterocycles. The number of alkyl halides is 1. The molecule has 3 rings (SSSR count). The van der Waals surface area contributed by atoms with Gasteiger partial charge in [0.05, 0.1) is 15.0 Å². The van der Waals surface area contributed by atoms with Gasteiger partial charge in [0, 0.05) is 18.8 Å². The zero-order valence-electron chi connectivity index (χ0n) is 13.3. The standard InChI is InChI=1S/C17H22BrN3OS/c1-2-6-13(18)16(22)20-17-19-14-8-7-12(11-15(14)23-17)21-9-4-3-5-10-21/h7-8,11,13H,2-6,9-10H2,1H3,(H,19,20,22)/t13-/m1/s1. The number of amides is 1. The quantitative estimate of drug-likeness (QED) is 0.740. The fourth-order valence-electron chi connectivity index (χ4n) is 2.88. The minimum atomic E-state index is -0.150. The Morgan fingerprint density at radius 2 is 2.17 bits per heavy atom. The number of carbonyl (C=O) groups is 1. The summed E-state index contributed by atoms with van der Waals surface area (Å²) in [4.78, 5) is 18.9. The van der Waals surface area contributed by atoms with Gasteiger partial charge in [0.15, 0.2) is 5.13 Å². The van der Waals surface area contributed by atoms with Crippen molar-refractivity contribution in [1.29, 1.82) is 0 Å². The van der Waals surface area contributed by atoms with Crippen LogP contribution in [0.1, 0.15) is 39.0 Å². The second-order valence-corrected chi connectivity index (χ2v) is 8.10. The molecule has 0 bridgehead atoms. The maximum atomic E-state index is 12.1. The van der Waals surface area contributed by atoms with Crippen molar-refractivity contribution in [3.63, 3.8) is 0 Å². The Labute approximate surface area is 149 Å². The van der Waals surface area contributed by atoms with Crippen LogP contribution in [0.25, 0.3) is 10.2 Å². The van der Waals surface area contributed by atoms with Crippen molar-refractivity contribution in [3.8, 4) is 0 Å². The predicted octanol–water partition coefficient (Wildman–Crippen LogP) is 4.79. The van der Waals surface area contributed by atoms with Gasteiger partial charge in [0.1, 0.15) is 0 Å². The van der Waals surface area contributed by atoms with Gasteiger partial charge in [-0.15, -0.1) is 0 Å². The van der Waals surface area contributed by atoms with Gasteiger partial charge in [0.2, 0.25) is 5.91 Å². The summed E-state index contributed by atoms with van der Waals surface area (Å²) in [6.07, 6.45) is 5.68. The average Bonchev–Trinajstić information content (AvgIpc) is 2.97. The molecule has 0 saturated carbocycles. The summed E-state index contributed by atoms with van der Waals surface area (Å²) in [5.74, 6) is -0.0119. The van der Waals surface area contributed by atoms with Crippen LogP contribution in [-0.4, -0.2) is 28.8 Å². The van der Waals surface area contributed by atoms with Crippen molar-refractivity contribution in [1.82, 2.24) is 4.98 Å². The molecule has 1 aliphatic heterocycles. The second-order valence-electron chi connectivity index (χ2n) is 5.96.